The number of fused-ring (bicyclic) bond motifs is 1. The average molecular weight is 707 g/mol. The van der Waals surface area contributed by atoms with Crippen molar-refractivity contribution >= 4 is 36.1 Å². The number of hydrogen-bond acceptors (Lipinski definition) is 5. The summed E-state index contributed by atoms with van der Waals surface area (Å²) in [4.78, 5) is 12.6. The van der Waals surface area contributed by atoms with Crippen LogP contribution in [0.1, 0.15) is 130 Å². The van der Waals surface area contributed by atoms with Gasteiger partial charge in [-0.1, -0.05) is 148 Å². The minimum absolute atomic E-state index is 0.00243. The first-order valence-electron chi connectivity index (χ1n) is 19.3. The molecule has 0 heterocycles. The largest absolute Gasteiger partial charge is 0.462 e. The van der Waals surface area contributed by atoms with Gasteiger partial charge in [0.25, 0.3) is 8.32 Å². The van der Waals surface area contributed by atoms with E-state index in [1.807, 2.05) is 0 Å². The summed E-state index contributed by atoms with van der Waals surface area (Å²) in [6.45, 7) is 25.1. The normalized spacial score (nSPS) is 21.9. The molecule has 4 atom stereocenters. The van der Waals surface area contributed by atoms with Crippen molar-refractivity contribution in [3.8, 4) is 0 Å². The zero-order valence-corrected chi connectivity index (χ0v) is 34.0. The first kappa shape index (κ1) is 38.7. The Bertz CT molecular complexity index is 1640. The zero-order valence-electron chi connectivity index (χ0n) is 33.0. The van der Waals surface area contributed by atoms with Gasteiger partial charge in [-0.05, 0) is 86.5 Å². The van der Waals surface area contributed by atoms with Gasteiger partial charge < -0.3 is 9.16 Å². The van der Waals surface area contributed by atoms with Gasteiger partial charge in [0.2, 0.25) is 0 Å². The fourth-order valence-corrected chi connectivity index (χ4v) is 13.2. The summed E-state index contributed by atoms with van der Waals surface area (Å²) in [5, 5.41) is 7.69. The summed E-state index contributed by atoms with van der Waals surface area (Å²) in [5.74, 6) is 1.36. The third-order valence-electron chi connectivity index (χ3n) is 11.3. The lowest BCUT2D eigenvalue weighted by Crippen LogP contribution is -2.67. The van der Waals surface area contributed by atoms with Crippen LogP contribution < -0.4 is 15.8 Å². The number of allylic oxidation sites excluding steroid dienone is 1. The summed E-state index contributed by atoms with van der Waals surface area (Å²) >= 11 is 0. The molecule has 1 N–H and O–H groups in total. The van der Waals surface area contributed by atoms with Crippen molar-refractivity contribution in [1.82, 2.24) is 0 Å². The van der Waals surface area contributed by atoms with Crippen LogP contribution in [0.15, 0.2) is 89.5 Å². The minimum atomic E-state index is -2.77. The highest BCUT2D eigenvalue weighted by Gasteiger charge is 2.52. The van der Waals surface area contributed by atoms with Crippen LogP contribution in [0.5, 0.6) is 0 Å². The van der Waals surface area contributed by atoms with E-state index >= 15 is 0 Å². The highest BCUT2D eigenvalue weighted by molar-refractivity contribution is 6.99. The van der Waals surface area contributed by atoms with E-state index in [0.717, 1.165) is 30.7 Å². The number of rotatable bonds is 11. The fraction of sp³-hybridized carbons (Fsp3) is 0.511. The second-order valence-electron chi connectivity index (χ2n) is 16.9. The van der Waals surface area contributed by atoms with E-state index in [1.54, 1.807) is 0 Å². The lowest BCUT2D eigenvalue weighted by Gasteiger charge is -2.48. The van der Waals surface area contributed by atoms with Crippen LogP contribution in [0.3, 0.4) is 0 Å². The smallest absolute Gasteiger partial charge is 0.302 e. The summed E-state index contributed by atoms with van der Waals surface area (Å²) in [7, 11) is -2.77. The Balaban J connectivity index is 1.56. The number of esters is 1. The summed E-state index contributed by atoms with van der Waals surface area (Å²) < 4.78 is 13.7. The molecule has 1 fully saturated rings. The maximum absolute atomic E-state index is 12.6. The molecule has 0 spiro atoms. The maximum Gasteiger partial charge on any atom is 0.302 e. The molecule has 5 rings (SSSR count). The molecule has 0 amide bonds. The predicted octanol–water partition coefficient (Wildman–Crippen LogP) is 10.3. The van der Waals surface area contributed by atoms with Gasteiger partial charge in [0.05, 0.1) is 11.4 Å². The van der Waals surface area contributed by atoms with Crippen molar-refractivity contribution in [2.24, 2.45) is 22.9 Å². The quantitative estimate of drug-likeness (QED) is 0.123. The van der Waals surface area contributed by atoms with Crippen molar-refractivity contribution in [2.45, 2.75) is 124 Å². The molecule has 3 aromatic rings. The van der Waals surface area contributed by atoms with Gasteiger partial charge in [-0.2, -0.15) is 5.10 Å². The predicted molar refractivity (Wildman–Crippen MR) is 217 cm³/mol. The summed E-state index contributed by atoms with van der Waals surface area (Å²) in [6.07, 6.45) is 4.64. The van der Waals surface area contributed by atoms with Crippen LogP contribution in [-0.4, -0.2) is 32.7 Å². The first-order valence-corrected chi connectivity index (χ1v) is 21.2. The van der Waals surface area contributed by atoms with E-state index < -0.39 is 8.32 Å². The lowest BCUT2D eigenvalue weighted by molar-refractivity contribution is -0.150. The number of benzene rings is 3. The summed E-state index contributed by atoms with van der Waals surface area (Å²) in [6, 6.07) is 26.5. The molecular formula is C45H62N2O3Si. The monoisotopic (exact) mass is 706 g/mol. The molecule has 3 aromatic carbocycles. The number of hydrazone groups is 1. The van der Waals surface area contributed by atoms with Crippen LogP contribution in [0.2, 0.25) is 5.04 Å². The first-order chi connectivity index (χ1) is 24.2. The molecule has 0 saturated heterocycles. The standard InChI is InChI=1S/C45H62N2O3Si/c1-29(2)34-26-38(30(3)4)44(39(27-34)31(5)6)47-46-41-25-32(7)40(43-37(41)23-18-24-42(43)50-33(8)48)28-49-51(45(9,10)11,35-19-14-12-15-20-35)36-21-16-13-17-22-36/h12-17,19-23,26-27,29-32,40,42-43,47H,18,24-25,28H2,1-11H3/b46-41-/t32-,40+,42+,43+/m1/s1. The van der Waals surface area contributed by atoms with E-state index in [2.05, 4.69) is 154 Å². The van der Waals surface area contributed by atoms with Gasteiger partial charge in [0.1, 0.15) is 6.10 Å². The van der Waals surface area contributed by atoms with Gasteiger partial charge in [-0.25, -0.2) is 0 Å². The van der Waals surface area contributed by atoms with Gasteiger partial charge in [-0.15, -0.1) is 0 Å². The van der Waals surface area contributed by atoms with Crippen molar-refractivity contribution < 1.29 is 14.0 Å². The molecule has 0 aromatic heterocycles. The average Bonchev–Trinajstić information content (AvgIpc) is 3.08. The molecule has 6 heteroatoms. The second kappa shape index (κ2) is 16.0. The van der Waals surface area contributed by atoms with Gasteiger partial charge in [0, 0.05) is 19.4 Å². The molecule has 1 saturated carbocycles. The Morgan fingerprint density at radius 3 is 1.90 bits per heavy atom. The molecule has 0 unspecified atom stereocenters. The number of hydrogen-bond donors (Lipinski definition) is 1. The number of anilines is 1. The molecule has 2 aliphatic carbocycles. The van der Waals surface area contributed by atoms with E-state index in [9.17, 15) is 4.79 Å². The van der Waals surface area contributed by atoms with Crippen LogP contribution in [0.25, 0.3) is 0 Å². The van der Waals surface area contributed by atoms with E-state index in [1.165, 1.54) is 39.6 Å². The Labute approximate surface area is 309 Å². The molecule has 0 bridgehead atoms. The number of ether oxygens (including phenoxy) is 1. The molecule has 2 aliphatic rings. The lowest BCUT2D eigenvalue weighted by atomic mass is 9.64. The number of nitrogens with one attached hydrogen (secondary N) is 1. The van der Waals surface area contributed by atoms with Crippen LogP contribution in [0.4, 0.5) is 5.69 Å². The third-order valence-corrected chi connectivity index (χ3v) is 16.3. The Hall–Kier alpha value is -3.48. The third kappa shape index (κ3) is 8.12. The van der Waals surface area contributed by atoms with E-state index in [-0.39, 0.29) is 34.9 Å². The van der Waals surface area contributed by atoms with Gasteiger partial charge in [-0.3, -0.25) is 10.2 Å². The highest BCUT2D eigenvalue weighted by atomic mass is 28.4. The maximum atomic E-state index is 12.6. The Morgan fingerprint density at radius 2 is 1.43 bits per heavy atom. The van der Waals surface area contributed by atoms with Gasteiger partial charge in [0.15, 0.2) is 0 Å². The van der Waals surface area contributed by atoms with Crippen molar-refractivity contribution in [3.05, 3.63) is 101 Å². The van der Waals surface area contributed by atoms with Crippen LogP contribution >= 0.6 is 0 Å². The van der Waals surface area contributed by atoms with E-state index in [4.69, 9.17) is 14.3 Å². The van der Waals surface area contributed by atoms with E-state index in [0.29, 0.717) is 24.4 Å². The van der Waals surface area contributed by atoms with Crippen LogP contribution in [0, 0.1) is 17.8 Å². The Morgan fingerprint density at radius 1 is 0.882 bits per heavy atom. The minimum Gasteiger partial charge on any atom is -0.462 e. The van der Waals surface area contributed by atoms with Crippen LogP contribution in [-0.2, 0) is 14.0 Å². The fourth-order valence-electron chi connectivity index (χ4n) is 8.58. The number of carbonyl (C=O) groups excluding carboxylic acids is 1. The molecule has 51 heavy (non-hydrogen) atoms. The topological polar surface area (TPSA) is 59.9 Å². The SMILES string of the molecule is CC(=O)O[C@H]1CCC=C2/C(=N\Nc3c(C(C)C)cc(C(C)C)cc3C(C)C)C[C@@H](C)[C@H](CO[Si](c3ccccc3)(c3ccccc3)C(C)(C)C)[C@H]21. The molecule has 0 radical (unpaired) electrons. The molecular weight excluding hydrogens is 645 g/mol. The highest BCUT2D eigenvalue weighted by Crippen LogP contribution is 2.46. The van der Waals surface area contributed by atoms with Crippen molar-refractivity contribution in [3.63, 3.8) is 0 Å². The van der Waals surface area contributed by atoms with Gasteiger partial charge >= 0.3 is 5.97 Å². The molecule has 274 valence electrons. The summed E-state index contributed by atoms with van der Waals surface area (Å²) in [5.41, 5.74) is 11.0. The van der Waals surface area contributed by atoms with Crippen molar-refractivity contribution in [1.29, 1.82) is 0 Å². The zero-order chi connectivity index (χ0) is 37.1. The number of nitrogens with zero attached hydrogens (tertiary/aromatic N) is 1. The molecule has 5 nitrogen and oxygen atoms in total. The second-order valence-corrected chi connectivity index (χ2v) is 21.2. The Kier molecular flexibility index (Phi) is 12.2. The number of carbonyl (C=O) groups is 1. The molecule has 0 aliphatic heterocycles. The van der Waals surface area contributed by atoms with Crippen molar-refractivity contribution in [2.75, 3.05) is 12.0 Å².